The Kier molecular flexibility index (Phi) is 17.8. The van der Waals surface area contributed by atoms with Crippen LogP contribution in [0.2, 0.25) is 0 Å². The molecule has 0 bridgehead atoms. The third kappa shape index (κ3) is 14.9. The number of amides is 5. The number of para-hydroxylation sites is 1. The number of hydrogen-bond acceptors (Lipinski definition) is 10. The summed E-state index contributed by atoms with van der Waals surface area (Å²) in [7, 11) is 0. The number of aromatic amines is 1. The average Bonchev–Trinajstić information content (AvgIpc) is 3.56. The number of ether oxygens (including phenoxy) is 1. The number of nitrogens with one attached hydrogen (secondary N) is 5. The number of carboxylic acids is 1. The van der Waals surface area contributed by atoms with Gasteiger partial charge in [0.25, 0.3) is 5.91 Å². The highest BCUT2D eigenvalue weighted by molar-refractivity contribution is 6.16. The first-order valence-electron chi connectivity index (χ1n) is 19.4. The molecule has 0 saturated heterocycles. The molecule has 1 unspecified atom stereocenters. The SMILES string of the molecule is CCCCCC(N)CCCC(=O)[C@@](CC(=O)O)(NC(=O)[C@H](Cc1c[nH]c2ccccc12)NC(=O)CONC(=O)OC(C)(C)C)C(=O)N[C@@H](Cc1ccccc1)C(N)=O. The molecule has 5 amide bonds. The lowest BCUT2D eigenvalue weighted by atomic mass is 9.84. The van der Waals surface area contributed by atoms with Crippen molar-refractivity contribution in [3.63, 3.8) is 0 Å². The average molecular weight is 808 g/mol. The van der Waals surface area contributed by atoms with E-state index in [4.69, 9.17) is 21.0 Å². The number of ketones is 1. The molecule has 17 heteroatoms. The first-order chi connectivity index (χ1) is 27.4. The number of carbonyl (C=O) groups is 7. The van der Waals surface area contributed by atoms with Crippen LogP contribution in [0.25, 0.3) is 10.9 Å². The van der Waals surface area contributed by atoms with Crippen LogP contribution in [-0.4, -0.2) is 87.4 Å². The number of aromatic nitrogens is 1. The number of nitrogens with two attached hydrogens (primary N) is 2. The maximum absolute atomic E-state index is 14.4. The van der Waals surface area contributed by atoms with Crippen LogP contribution in [0.15, 0.2) is 60.8 Å². The Hall–Kier alpha value is -5.81. The van der Waals surface area contributed by atoms with E-state index in [1.165, 1.54) is 0 Å². The van der Waals surface area contributed by atoms with Crippen LogP contribution in [0.3, 0.4) is 0 Å². The molecular formula is C41H57N7O10. The van der Waals surface area contributed by atoms with E-state index in [9.17, 15) is 38.7 Å². The number of hydrogen-bond donors (Lipinski definition) is 8. The molecule has 0 aliphatic carbocycles. The van der Waals surface area contributed by atoms with E-state index >= 15 is 0 Å². The molecule has 58 heavy (non-hydrogen) atoms. The van der Waals surface area contributed by atoms with E-state index in [1.54, 1.807) is 81.6 Å². The molecule has 10 N–H and O–H groups in total. The smallest absolute Gasteiger partial charge is 0.431 e. The van der Waals surface area contributed by atoms with Crippen molar-refractivity contribution >= 4 is 52.4 Å². The molecule has 0 saturated carbocycles. The maximum Gasteiger partial charge on any atom is 0.431 e. The number of primary amides is 1. The Morgan fingerprint density at radius 2 is 1.53 bits per heavy atom. The minimum absolute atomic E-state index is 0.101. The number of carbonyl (C=O) groups excluding carboxylic acids is 6. The van der Waals surface area contributed by atoms with E-state index in [-0.39, 0.29) is 31.7 Å². The number of hydroxylamine groups is 1. The monoisotopic (exact) mass is 807 g/mol. The quantitative estimate of drug-likeness (QED) is 0.0370. The normalized spacial score (nSPS) is 13.9. The van der Waals surface area contributed by atoms with Crippen LogP contribution >= 0.6 is 0 Å². The second kappa shape index (κ2) is 22.2. The fourth-order valence-electron chi connectivity index (χ4n) is 6.32. The molecule has 1 heterocycles. The van der Waals surface area contributed by atoms with Gasteiger partial charge in [-0.15, -0.1) is 0 Å². The Bertz CT molecular complexity index is 1880. The molecule has 0 fully saturated rings. The summed E-state index contributed by atoms with van der Waals surface area (Å²) in [6.07, 6.45) is 2.87. The first kappa shape index (κ1) is 46.6. The molecule has 1 aromatic heterocycles. The van der Waals surface area contributed by atoms with Gasteiger partial charge in [0.1, 0.15) is 17.7 Å². The Balaban J connectivity index is 1.99. The highest BCUT2D eigenvalue weighted by Gasteiger charge is 2.50. The van der Waals surface area contributed by atoms with Gasteiger partial charge < -0.3 is 42.2 Å². The minimum atomic E-state index is -2.77. The van der Waals surface area contributed by atoms with E-state index in [0.717, 1.165) is 19.3 Å². The lowest BCUT2D eigenvalue weighted by Gasteiger charge is -2.34. The number of benzene rings is 2. The minimum Gasteiger partial charge on any atom is -0.481 e. The topological polar surface area (TPSA) is 274 Å². The zero-order chi connectivity index (χ0) is 42.9. The van der Waals surface area contributed by atoms with E-state index in [2.05, 4.69) is 27.9 Å². The maximum atomic E-state index is 14.4. The second-order valence-electron chi connectivity index (χ2n) is 15.2. The van der Waals surface area contributed by atoms with Crippen molar-refractivity contribution in [3.05, 3.63) is 71.9 Å². The van der Waals surface area contributed by atoms with Crippen LogP contribution in [-0.2, 0) is 51.2 Å². The molecule has 3 aromatic rings. The van der Waals surface area contributed by atoms with Gasteiger partial charge in [0.05, 0.1) is 6.42 Å². The number of Topliss-reactive ketones (excluding diaryl/α,β-unsaturated/α-hetero) is 1. The van der Waals surface area contributed by atoms with Gasteiger partial charge >= 0.3 is 12.1 Å². The Morgan fingerprint density at radius 1 is 0.862 bits per heavy atom. The number of aliphatic carboxylic acids is 1. The van der Waals surface area contributed by atoms with Crippen LogP contribution in [0, 0.1) is 0 Å². The molecule has 2 aromatic carbocycles. The largest absolute Gasteiger partial charge is 0.481 e. The number of fused-ring (bicyclic) bond motifs is 1. The first-order valence-corrected chi connectivity index (χ1v) is 19.4. The standard InChI is InChI=1S/C41H57N7O10/c1-5-6-8-16-28(42)17-13-20-33(49)41(23-35(51)52,38(55)46-31(36(43)53)21-26-14-9-7-10-15-26)47-37(54)32(22-27-24-44-30-19-12-11-18-29(27)30)45-34(50)25-57-48-39(56)58-40(2,3)4/h7,9-12,14-15,18-19,24,28,31-32,44H,5-6,8,13,16-17,20-23,25,42H2,1-4H3,(H2,43,53)(H,45,50)(H,46,55)(H,47,54)(H,48,56)(H,51,52)/t28?,31-,32-,41+/m0/s1. The molecule has 4 atom stereocenters. The summed E-state index contributed by atoms with van der Waals surface area (Å²) in [5, 5.41) is 18.2. The van der Waals surface area contributed by atoms with Crippen molar-refractivity contribution in [2.75, 3.05) is 6.61 Å². The van der Waals surface area contributed by atoms with E-state index in [1.807, 2.05) is 5.48 Å². The van der Waals surface area contributed by atoms with Gasteiger partial charge in [0, 0.05) is 42.4 Å². The molecule has 0 aliphatic heterocycles. The summed E-state index contributed by atoms with van der Waals surface area (Å²) in [6.45, 7) is 6.16. The number of unbranched alkanes of at least 4 members (excludes halogenated alkanes) is 2. The Labute approximate surface area is 337 Å². The predicted octanol–water partition coefficient (Wildman–Crippen LogP) is 2.84. The van der Waals surface area contributed by atoms with Gasteiger partial charge in [-0.2, -0.15) is 5.48 Å². The zero-order valence-electron chi connectivity index (χ0n) is 33.6. The van der Waals surface area contributed by atoms with Gasteiger partial charge in [-0.05, 0) is 57.2 Å². The molecule has 316 valence electrons. The van der Waals surface area contributed by atoms with Crippen LogP contribution in [0.4, 0.5) is 4.79 Å². The highest BCUT2D eigenvalue weighted by Crippen LogP contribution is 2.23. The summed E-state index contributed by atoms with van der Waals surface area (Å²) in [6, 6.07) is 12.5. The third-order valence-corrected chi connectivity index (χ3v) is 9.21. The summed E-state index contributed by atoms with van der Waals surface area (Å²) in [5.41, 5.74) is 12.2. The lowest BCUT2D eigenvalue weighted by Crippen LogP contribution is -2.68. The van der Waals surface area contributed by atoms with Gasteiger partial charge in [0.2, 0.25) is 17.7 Å². The number of rotatable bonds is 24. The fourth-order valence-corrected chi connectivity index (χ4v) is 6.32. The number of carboxylic acid groups (broad SMARTS) is 1. The highest BCUT2D eigenvalue weighted by atomic mass is 16.7. The van der Waals surface area contributed by atoms with Gasteiger partial charge in [-0.1, -0.05) is 74.7 Å². The second-order valence-corrected chi connectivity index (χ2v) is 15.2. The molecular weight excluding hydrogens is 750 g/mol. The van der Waals surface area contributed by atoms with Crippen LogP contribution in [0.5, 0.6) is 0 Å². The van der Waals surface area contributed by atoms with Gasteiger partial charge in [-0.3, -0.25) is 33.6 Å². The fraction of sp³-hybridized carbons (Fsp3) is 0.488. The van der Waals surface area contributed by atoms with Crippen molar-refractivity contribution in [1.82, 2.24) is 26.4 Å². The molecule has 3 rings (SSSR count). The Morgan fingerprint density at radius 3 is 2.19 bits per heavy atom. The molecule has 17 nitrogen and oxygen atoms in total. The molecule has 0 spiro atoms. The van der Waals surface area contributed by atoms with E-state index in [0.29, 0.717) is 34.9 Å². The summed E-state index contributed by atoms with van der Waals surface area (Å²) < 4.78 is 5.09. The molecule has 0 radical (unpaired) electrons. The van der Waals surface area contributed by atoms with Gasteiger partial charge in [0.15, 0.2) is 17.9 Å². The third-order valence-electron chi connectivity index (χ3n) is 9.21. The summed E-state index contributed by atoms with van der Waals surface area (Å²) in [4.78, 5) is 102. The van der Waals surface area contributed by atoms with Crippen molar-refractivity contribution in [2.24, 2.45) is 11.5 Å². The van der Waals surface area contributed by atoms with Crippen molar-refractivity contribution in [2.45, 2.75) is 121 Å². The molecule has 0 aliphatic rings. The van der Waals surface area contributed by atoms with Crippen LogP contribution in [0.1, 0.15) is 90.2 Å². The number of H-pyrrole nitrogens is 1. The summed E-state index contributed by atoms with van der Waals surface area (Å²) >= 11 is 0. The van der Waals surface area contributed by atoms with Crippen molar-refractivity contribution in [1.29, 1.82) is 0 Å². The van der Waals surface area contributed by atoms with Crippen molar-refractivity contribution in [3.8, 4) is 0 Å². The zero-order valence-corrected chi connectivity index (χ0v) is 33.6. The van der Waals surface area contributed by atoms with E-state index < -0.39 is 77.7 Å². The van der Waals surface area contributed by atoms with Crippen molar-refractivity contribution < 1.29 is 48.2 Å². The lowest BCUT2D eigenvalue weighted by molar-refractivity contribution is -0.151. The summed E-state index contributed by atoms with van der Waals surface area (Å²) in [5.74, 6) is -6.81. The van der Waals surface area contributed by atoms with Crippen LogP contribution < -0.4 is 32.9 Å². The predicted molar refractivity (Wildman–Crippen MR) is 215 cm³/mol. The van der Waals surface area contributed by atoms with Gasteiger partial charge in [-0.25, -0.2) is 4.79 Å².